The highest BCUT2D eigenvalue weighted by Gasteiger charge is 2.25. The SMILES string of the molecule is CCCC1CCN(c2nccc(CNC(C)(C)C)c2F)C1. The molecule has 2 rings (SSSR count). The lowest BCUT2D eigenvalue weighted by Crippen LogP contribution is -2.35. The highest BCUT2D eigenvalue weighted by atomic mass is 19.1. The predicted molar refractivity (Wildman–Crippen MR) is 86.0 cm³/mol. The van der Waals surface area contributed by atoms with Crippen molar-refractivity contribution in [3.8, 4) is 0 Å². The lowest BCUT2D eigenvalue weighted by atomic mass is 10.0. The zero-order chi connectivity index (χ0) is 15.5. The van der Waals surface area contributed by atoms with Crippen molar-refractivity contribution in [2.24, 2.45) is 5.92 Å². The minimum Gasteiger partial charge on any atom is -0.354 e. The second kappa shape index (κ2) is 6.73. The highest BCUT2D eigenvalue weighted by molar-refractivity contribution is 5.44. The van der Waals surface area contributed by atoms with Crippen LogP contribution in [-0.4, -0.2) is 23.6 Å². The molecule has 4 heteroatoms. The van der Waals surface area contributed by atoms with Gasteiger partial charge in [0, 0.05) is 36.9 Å². The predicted octanol–water partition coefficient (Wildman–Crippen LogP) is 3.74. The largest absolute Gasteiger partial charge is 0.354 e. The molecule has 1 aromatic heterocycles. The first-order valence-electron chi connectivity index (χ1n) is 8.04. The van der Waals surface area contributed by atoms with Gasteiger partial charge in [0.2, 0.25) is 0 Å². The first kappa shape index (κ1) is 16.2. The van der Waals surface area contributed by atoms with Crippen molar-refractivity contribution in [2.45, 2.75) is 59.0 Å². The summed E-state index contributed by atoms with van der Waals surface area (Å²) in [7, 11) is 0. The minimum absolute atomic E-state index is 0.0181. The molecule has 21 heavy (non-hydrogen) atoms. The second-order valence-corrected chi connectivity index (χ2v) is 7.10. The number of aromatic nitrogens is 1. The van der Waals surface area contributed by atoms with Gasteiger partial charge >= 0.3 is 0 Å². The van der Waals surface area contributed by atoms with Crippen LogP contribution >= 0.6 is 0 Å². The van der Waals surface area contributed by atoms with Gasteiger partial charge in [0.25, 0.3) is 0 Å². The number of hydrogen-bond acceptors (Lipinski definition) is 3. The van der Waals surface area contributed by atoms with Gasteiger partial charge in [-0.2, -0.15) is 0 Å². The maximum atomic E-state index is 14.7. The van der Waals surface area contributed by atoms with Gasteiger partial charge in [0.1, 0.15) is 0 Å². The fourth-order valence-corrected chi connectivity index (χ4v) is 2.86. The number of anilines is 1. The van der Waals surface area contributed by atoms with Gasteiger partial charge < -0.3 is 10.2 Å². The summed E-state index contributed by atoms with van der Waals surface area (Å²) in [4.78, 5) is 6.39. The standard InChI is InChI=1S/C17H28FN3/c1-5-6-13-8-10-21(12-13)16-15(18)14(7-9-19-16)11-20-17(2,3)4/h7,9,13,20H,5-6,8,10-12H2,1-4H3. The molecule has 0 spiro atoms. The fourth-order valence-electron chi connectivity index (χ4n) is 2.86. The molecular formula is C17H28FN3. The van der Waals surface area contributed by atoms with E-state index in [-0.39, 0.29) is 11.4 Å². The van der Waals surface area contributed by atoms with Crippen molar-refractivity contribution < 1.29 is 4.39 Å². The molecule has 1 aliphatic rings. The summed E-state index contributed by atoms with van der Waals surface area (Å²) < 4.78 is 14.7. The van der Waals surface area contributed by atoms with E-state index >= 15 is 0 Å². The quantitative estimate of drug-likeness (QED) is 0.896. The maximum Gasteiger partial charge on any atom is 0.170 e. The number of nitrogens with zero attached hydrogens (tertiary/aromatic N) is 2. The highest BCUT2D eigenvalue weighted by Crippen LogP contribution is 2.28. The van der Waals surface area contributed by atoms with E-state index in [9.17, 15) is 4.39 Å². The minimum atomic E-state index is -0.161. The Morgan fingerprint density at radius 1 is 1.43 bits per heavy atom. The maximum absolute atomic E-state index is 14.7. The Bertz CT molecular complexity index is 468. The Labute approximate surface area is 127 Å². The molecule has 1 aliphatic heterocycles. The first-order valence-corrected chi connectivity index (χ1v) is 8.04. The van der Waals surface area contributed by atoms with Gasteiger partial charge in [0.05, 0.1) is 0 Å². The van der Waals surface area contributed by atoms with Crippen LogP contribution in [0.1, 0.15) is 52.5 Å². The molecular weight excluding hydrogens is 265 g/mol. The Kier molecular flexibility index (Phi) is 5.20. The van der Waals surface area contributed by atoms with E-state index < -0.39 is 0 Å². The van der Waals surface area contributed by atoms with Crippen LogP contribution in [0.2, 0.25) is 0 Å². The van der Waals surface area contributed by atoms with Crippen LogP contribution in [0.5, 0.6) is 0 Å². The molecule has 1 unspecified atom stereocenters. The summed E-state index contributed by atoms with van der Waals surface area (Å²) >= 11 is 0. The van der Waals surface area contributed by atoms with Gasteiger partial charge in [0.15, 0.2) is 11.6 Å². The van der Waals surface area contributed by atoms with Crippen molar-refractivity contribution in [3.05, 3.63) is 23.6 Å². The number of hydrogen-bond donors (Lipinski definition) is 1. The zero-order valence-corrected chi connectivity index (χ0v) is 13.7. The topological polar surface area (TPSA) is 28.2 Å². The van der Waals surface area contributed by atoms with Crippen molar-refractivity contribution in [2.75, 3.05) is 18.0 Å². The molecule has 1 atom stereocenters. The van der Waals surface area contributed by atoms with Gasteiger partial charge in [-0.1, -0.05) is 13.3 Å². The number of nitrogens with one attached hydrogen (secondary N) is 1. The third-order valence-electron chi connectivity index (χ3n) is 4.04. The normalized spacial score (nSPS) is 19.3. The number of halogens is 1. The molecule has 0 aromatic carbocycles. The molecule has 0 aliphatic carbocycles. The van der Waals surface area contributed by atoms with E-state index in [1.165, 1.54) is 12.8 Å². The molecule has 1 saturated heterocycles. The number of rotatable bonds is 5. The average molecular weight is 293 g/mol. The Hall–Kier alpha value is -1.16. The third-order valence-corrected chi connectivity index (χ3v) is 4.04. The molecule has 1 fully saturated rings. The van der Waals surface area contributed by atoms with Gasteiger partial charge in [-0.15, -0.1) is 0 Å². The van der Waals surface area contributed by atoms with Crippen LogP contribution in [-0.2, 0) is 6.54 Å². The lowest BCUT2D eigenvalue weighted by Gasteiger charge is -2.22. The molecule has 0 saturated carbocycles. The van der Waals surface area contributed by atoms with E-state index in [4.69, 9.17) is 0 Å². The summed E-state index contributed by atoms with van der Waals surface area (Å²) in [5.41, 5.74) is 0.685. The Morgan fingerprint density at radius 3 is 2.86 bits per heavy atom. The lowest BCUT2D eigenvalue weighted by molar-refractivity contribution is 0.418. The molecule has 0 radical (unpaired) electrons. The van der Waals surface area contributed by atoms with Crippen LogP contribution in [0, 0.1) is 11.7 Å². The average Bonchev–Trinajstić information content (AvgIpc) is 2.85. The molecule has 3 nitrogen and oxygen atoms in total. The smallest absolute Gasteiger partial charge is 0.170 e. The number of pyridine rings is 1. The van der Waals surface area contributed by atoms with E-state index in [0.29, 0.717) is 23.8 Å². The van der Waals surface area contributed by atoms with Gasteiger partial charge in [-0.05, 0) is 45.6 Å². The summed E-state index contributed by atoms with van der Waals surface area (Å²) in [6, 6.07) is 1.77. The third kappa shape index (κ3) is 4.40. The van der Waals surface area contributed by atoms with E-state index in [1.807, 2.05) is 0 Å². The van der Waals surface area contributed by atoms with Crippen LogP contribution in [0.3, 0.4) is 0 Å². The van der Waals surface area contributed by atoms with E-state index in [0.717, 1.165) is 19.5 Å². The van der Waals surface area contributed by atoms with E-state index in [1.54, 1.807) is 12.3 Å². The van der Waals surface area contributed by atoms with Crippen LogP contribution < -0.4 is 10.2 Å². The molecule has 2 heterocycles. The van der Waals surface area contributed by atoms with Crippen molar-refractivity contribution >= 4 is 5.82 Å². The zero-order valence-electron chi connectivity index (χ0n) is 13.7. The Morgan fingerprint density at radius 2 is 2.19 bits per heavy atom. The van der Waals surface area contributed by atoms with Gasteiger partial charge in [-0.3, -0.25) is 0 Å². The molecule has 118 valence electrons. The summed E-state index contributed by atoms with van der Waals surface area (Å²) in [5.74, 6) is 1.06. The summed E-state index contributed by atoms with van der Waals surface area (Å²) in [6.45, 7) is 10.9. The van der Waals surface area contributed by atoms with Crippen LogP contribution in [0.15, 0.2) is 12.3 Å². The van der Waals surface area contributed by atoms with Crippen LogP contribution in [0.4, 0.5) is 10.2 Å². The molecule has 1 aromatic rings. The van der Waals surface area contributed by atoms with Crippen LogP contribution in [0.25, 0.3) is 0 Å². The molecule has 0 amide bonds. The van der Waals surface area contributed by atoms with E-state index in [2.05, 4.69) is 42.9 Å². The van der Waals surface area contributed by atoms with Gasteiger partial charge in [-0.25, -0.2) is 9.37 Å². The first-order chi connectivity index (χ1) is 9.90. The Balaban J connectivity index is 2.07. The molecule has 0 bridgehead atoms. The summed E-state index contributed by atoms with van der Waals surface area (Å²) in [5, 5.41) is 3.34. The second-order valence-electron chi connectivity index (χ2n) is 7.10. The summed E-state index contributed by atoms with van der Waals surface area (Å²) in [6.07, 6.45) is 5.30. The monoisotopic (exact) mass is 293 g/mol. The fraction of sp³-hybridized carbons (Fsp3) is 0.706. The van der Waals surface area contributed by atoms with Crippen molar-refractivity contribution in [1.29, 1.82) is 0 Å². The van der Waals surface area contributed by atoms with Crippen molar-refractivity contribution in [1.82, 2.24) is 10.3 Å². The van der Waals surface area contributed by atoms with Crippen molar-refractivity contribution in [3.63, 3.8) is 0 Å². The molecule has 1 N–H and O–H groups in total.